The van der Waals surface area contributed by atoms with Gasteiger partial charge in [-0.25, -0.2) is 0 Å². The molecule has 1 fully saturated rings. The molecule has 1 aromatic rings. The first kappa shape index (κ1) is 14.7. The summed E-state index contributed by atoms with van der Waals surface area (Å²) in [6.45, 7) is 2.25. The van der Waals surface area contributed by atoms with Crippen LogP contribution in [0.25, 0.3) is 0 Å². The first-order chi connectivity index (χ1) is 10.2. The molecule has 2 bridgehead atoms. The van der Waals surface area contributed by atoms with Gasteiger partial charge in [0.1, 0.15) is 0 Å². The molecule has 21 heavy (non-hydrogen) atoms. The van der Waals surface area contributed by atoms with Crippen molar-refractivity contribution in [2.24, 2.45) is 0 Å². The zero-order valence-corrected chi connectivity index (χ0v) is 13.4. The smallest absolute Gasteiger partial charge is 0.161 e. The average Bonchev–Trinajstić information content (AvgIpc) is 2.52. The van der Waals surface area contributed by atoms with Gasteiger partial charge in [-0.1, -0.05) is 19.8 Å². The standard InChI is InChI=1S/C18H26O3/c1-4-5-8-18-9-6-7-14(21-18)10-13-11-16(19-2)17(20-3)12-15(13)18/h11-12,14H,4-10H2,1-3H3/t14-,18+/m1/s1. The van der Waals surface area contributed by atoms with Crippen LogP contribution in [0.15, 0.2) is 12.1 Å². The van der Waals surface area contributed by atoms with Gasteiger partial charge in [-0.2, -0.15) is 0 Å². The van der Waals surface area contributed by atoms with Gasteiger partial charge in [-0.05, 0) is 55.4 Å². The molecule has 1 aromatic carbocycles. The quantitative estimate of drug-likeness (QED) is 0.813. The van der Waals surface area contributed by atoms with Crippen LogP contribution in [0.1, 0.15) is 56.6 Å². The summed E-state index contributed by atoms with van der Waals surface area (Å²) in [5.41, 5.74) is 2.63. The van der Waals surface area contributed by atoms with Crippen LogP contribution in [0.3, 0.4) is 0 Å². The van der Waals surface area contributed by atoms with Gasteiger partial charge in [0.25, 0.3) is 0 Å². The summed E-state index contributed by atoms with van der Waals surface area (Å²) < 4.78 is 17.5. The van der Waals surface area contributed by atoms with E-state index in [2.05, 4.69) is 19.1 Å². The van der Waals surface area contributed by atoms with E-state index < -0.39 is 0 Å². The molecule has 3 rings (SSSR count). The van der Waals surface area contributed by atoms with Gasteiger partial charge in [0.15, 0.2) is 11.5 Å². The van der Waals surface area contributed by atoms with E-state index in [0.717, 1.165) is 30.8 Å². The van der Waals surface area contributed by atoms with E-state index in [1.807, 2.05) is 0 Å². The Kier molecular flexibility index (Phi) is 4.12. The number of methoxy groups -OCH3 is 2. The van der Waals surface area contributed by atoms with E-state index in [9.17, 15) is 0 Å². The van der Waals surface area contributed by atoms with Crippen LogP contribution in [0.2, 0.25) is 0 Å². The second-order valence-electron chi connectivity index (χ2n) is 6.30. The largest absolute Gasteiger partial charge is 0.493 e. The average molecular weight is 290 g/mol. The third-order valence-corrected chi connectivity index (χ3v) is 4.98. The molecule has 116 valence electrons. The van der Waals surface area contributed by atoms with E-state index in [-0.39, 0.29) is 5.60 Å². The minimum Gasteiger partial charge on any atom is -0.493 e. The molecule has 2 aliphatic heterocycles. The molecule has 2 atom stereocenters. The van der Waals surface area contributed by atoms with Crippen LogP contribution in [-0.4, -0.2) is 20.3 Å². The predicted molar refractivity (Wildman–Crippen MR) is 83.2 cm³/mol. The van der Waals surface area contributed by atoms with Crippen molar-refractivity contribution >= 4 is 0 Å². The second-order valence-corrected chi connectivity index (χ2v) is 6.30. The van der Waals surface area contributed by atoms with E-state index in [0.29, 0.717) is 6.10 Å². The monoisotopic (exact) mass is 290 g/mol. The SMILES string of the molecule is CCCC[C@]12CCC[C@H](Cc3cc(OC)c(OC)cc31)O2. The van der Waals surface area contributed by atoms with E-state index in [1.165, 1.54) is 36.8 Å². The Morgan fingerprint density at radius 1 is 1.24 bits per heavy atom. The molecule has 2 aliphatic rings. The summed E-state index contributed by atoms with van der Waals surface area (Å²) in [5.74, 6) is 1.65. The van der Waals surface area contributed by atoms with Crippen LogP contribution < -0.4 is 9.47 Å². The second kappa shape index (κ2) is 5.88. The third-order valence-electron chi connectivity index (χ3n) is 4.98. The van der Waals surface area contributed by atoms with Gasteiger partial charge in [0.05, 0.1) is 25.9 Å². The molecule has 3 nitrogen and oxygen atoms in total. The molecule has 0 unspecified atom stereocenters. The van der Waals surface area contributed by atoms with Crippen molar-refractivity contribution in [3.05, 3.63) is 23.3 Å². The van der Waals surface area contributed by atoms with Crippen LogP contribution in [0, 0.1) is 0 Å². The van der Waals surface area contributed by atoms with Crippen molar-refractivity contribution in [2.45, 2.75) is 63.6 Å². The van der Waals surface area contributed by atoms with Crippen molar-refractivity contribution in [1.82, 2.24) is 0 Å². The molecule has 0 aliphatic carbocycles. The number of ether oxygens (including phenoxy) is 3. The molecule has 1 saturated heterocycles. The molecule has 0 aromatic heterocycles. The molecule has 3 heteroatoms. The van der Waals surface area contributed by atoms with Gasteiger partial charge >= 0.3 is 0 Å². The molecule has 2 heterocycles. The molecule has 0 saturated carbocycles. The lowest BCUT2D eigenvalue weighted by molar-refractivity contribution is -0.149. The van der Waals surface area contributed by atoms with E-state index in [1.54, 1.807) is 14.2 Å². The number of fused-ring (bicyclic) bond motifs is 4. The van der Waals surface area contributed by atoms with Gasteiger partial charge in [-0.3, -0.25) is 0 Å². The summed E-state index contributed by atoms with van der Waals surface area (Å²) in [5, 5.41) is 0. The highest BCUT2D eigenvalue weighted by Crippen LogP contribution is 2.49. The maximum Gasteiger partial charge on any atom is 0.161 e. The van der Waals surface area contributed by atoms with Crippen LogP contribution in [0.4, 0.5) is 0 Å². The Morgan fingerprint density at radius 2 is 2.00 bits per heavy atom. The molecule has 0 amide bonds. The maximum absolute atomic E-state index is 6.52. The Balaban J connectivity index is 2.06. The van der Waals surface area contributed by atoms with Gasteiger partial charge < -0.3 is 14.2 Å². The lowest BCUT2D eigenvalue weighted by Gasteiger charge is -2.47. The molecule has 0 spiro atoms. The van der Waals surface area contributed by atoms with Gasteiger partial charge in [0, 0.05) is 0 Å². The van der Waals surface area contributed by atoms with Crippen LogP contribution >= 0.6 is 0 Å². The Bertz CT molecular complexity index is 511. The topological polar surface area (TPSA) is 27.7 Å². The Labute approximate surface area is 127 Å². The van der Waals surface area contributed by atoms with Gasteiger partial charge in [-0.15, -0.1) is 0 Å². The maximum atomic E-state index is 6.52. The van der Waals surface area contributed by atoms with Gasteiger partial charge in [0.2, 0.25) is 0 Å². The molecular formula is C18H26O3. The number of unbranched alkanes of at least 4 members (excludes halogenated alkanes) is 1. The number of benzene rings is 1. The number of hydrogen-bond donors (Lipinski definition) is 0. The van der Waals surface area contributed by atoms with Crippen molar-refractivity contribution in [3.8, 4) is 11.5 Å². The van der Waals surface area contributed by atoms with Crippen LogP contribution in [-0.2, 0) is 16.8 Å². The minimum absolute atomic E-state index is 0.0912. The summed E-state index contributed by atoms with van der Waals surface area (Å²) in [6, 6.07) is 4.32. The van der Waals surface area contributed by atoms with Crippen LogP contribution in [0.5, 0.6) is 11.5 Å². The minimum atomic E-state index is -0.0912. The zero-order valence-electron chi connectivity index (χ0n) is 13.4. The third kappa shape index (κ3) is 2.52. The normalized spacial score (nSPS) is 27.1. The fourth-order valence-electron chi connectivity index (χ4n) is 3.93. The highest BCUT2D eigenvalue weighted by molar-refractivity contribution is 5.50. The fraction of sp³-hybridized carbons (Fsp3) is 0.667. The van der Waals surface area contributed by atoms with Crippen molar-refractivity contribution < 1.29 is 14.2 Å². The first-order valence-corrected chi connectivity index (χ1v) is 8.15. The lowest BCUT2D eigenvalue weighted by Crippen LogP contribution is -2.44. The van der Waals surface area contributed by atoms with Crippen molar-refractivity contribution in [3.63, 3.8) is 0 Å². The first-order valence-electron chi connectivity index (χ1n) is 8.15. The van der Waals surface area contributed by atoms with E-state index >= 15 is 0 Å². The highest BCUT2D eigenvalue weighted by atomic mass is 16.5. The summed E-state index contributed by atoms with van der Waals surface area (Å²) in [4.78, 5) is 0. The molecular weight excluding hydrogens is 264 g/mol. The molecule has 0 N–H and O–H groups in total. The Morgan fingerprint density at radius 3 is 2.71 bits per heavy atom. The number of hydrogen-bond acceptors (Lipinski definition) is 3. The van der Waals surface area contributed by atoms with Crippen molar-refractivity contribution in [1.29, 1.82) is 0 Å². The summed E-state index contributed by atoms with van der Waals surface area (Å²) in [7, 11) is 3.41. The number of rotatable bonds is 5. The summed E-state index contributed by atoms with van der Waals surface area (Å²) >= 11 is 0. The predicted octanol–water partition coefficient (Wildman–Crippen LogP) is 4.21. The highest BCUT2D eigenvalue weighted by Gasteiger charge is 2.44. The van der Waals surface area contributed by atoms with Crippen molar-refractivity contribution in [2.75, 3.05) is 14.2 Å². The molecule has 0 radical (unpaired) electrons. The fourth-order valence-corrected chi connectivity index (χ4v) is 3.93. The summed E-state index contributed by atoms with van der Waals surface area (Å²) in [6.07, 6.45) is 8.49. The zero-order chi connectivity index (χ0) is 14.9. The lowest BCUT2D eigenvalue weighted by atomic mass is 9.74. The van der Waals surface area contributed by atoms with E-state index in [4.69, 9.17) is 14.2 Å². The Hall–Kier alpha value is -1.22.